The van der Waals surface area contributed by atoms with Gasteiger partial charge in [0, 0.05) is 18.2 Å². The molecule has 0 saturated carbocycles. The van der Waals surface area contributed by atoms with E-state index in [9.17, 15) is 17.6 Å². The van der Waals surface area contributed by atoms with Gasteiger partial charge in [-0.25, -0.2) is 12.8 Å². The fraction of sp³-hybridized carbons (Fsp3) is 0.462. The van der Waals surface area contributed by atoms with Crippen LogP contribution < -0.4 is 4.90 Å². The van der Waals surface area contributed by atoms with Gasteiger partial charge in [-0.05, 0) is 26.0 Å². The standard InChI is InChI=1S/C13H16FNO3S/c1-9-8-19(17,18)7-6-15(9)13-11(10(2)16)4-3-5-12(13)14/h3-5,9H,6-8H2,1-2H3. The number of ketones is 1. The monoisotopic (exact) mass is 285 g/mol. The van der Waals surface area contributed by atoms with E-state index in [1.807, 2.05) is 0 Å². The molecule has 104 valence electrons. The van der Waals surface area contributed by atoms with Crippen LogP contribution in [-0.2, 0) is 9.84 Å². The first-order chi connectivity index (χ1) is 8.82. The van der Waals surface area contributed by atoms with E-state index in [4.69, 9.17) is 0 Å². The molecule has 0 spiro atoms. The summed E-state index contributed by atoms with van der Waals surface area (Å²) in [6.45, 7) is 3.32. The molecule has 19 heavy (non-hydrogen) atoms. The fourth-order valence-electron chi connectivity index (χ4n) is 2.42. The minimum absolute atomic E-state index is 0.0109. The summed E-state index contributed by atoms with van der Waals surface area (Å²) in [4.78, 5) is 13.3. The average molecular weight is 285 g/mol. The maximum absolute atomic E-state index is 14.0. The number of hydrogen-bond acceptors (Lipinski definition) is 4. The van der Waals surface area contributed by atoms with E-state index in [0.717, 1.165) is 0 Å². The zero-order chi connectivity index (χ0) is 14.2. The Morgan fingerprint density at radius 2 is 2.11 bits per heavy atom. The third kappa shape index (κ3) is 2.78. The number of Topliss-reactive ketones (excluding diaryl/α,β-unsaturated/α-hetero) is 1. The Hall–Kier alpha value is -1.43. The van der Waals surface area contributed by atoms with Gasteiger partial charge in [-0.1, -0.05) is 6.07 Å². The number of rotatable bonds is 2. The number of anilines is 1. The molecule has 2 rings (SSSR count). The molecule has 0 aromatic heterocycles. The zero-order valence-electron chi connectivity index (χ0n) is 10.9. The molecule has 1 atom stereocenters. The predicted molar refractivity (Wildman–Crippen MR) is 71.9 cm³/mol. The van der Waals surface area contributed by atoms with Crippen LogP contribution in [0.3, 0.4) is 0 Å². The Labute approximate surface area is 112 Å². The number of sulfone groups is 1. The second-order valence-corrected chi connectivity index (χ2v) is 7.08. The van der Waals surface area contributed by atoms with Crippen LogP contribution in [0.4, 0.5) is 10.1 Å². The summed E-state index contributed by atoms with van der Waals surface area (Å²) in [5.41, 5.74) is 0.517. The molecule has 1 aliphatic rings. The Balaban J connectivity index is 2.45. The number of nitrogens with zero attached hydrogens (tertiary/aromatic N) is 1. The largest absolute Gasteiger partial charge is 0.364 e. The van der Waals surface area contributed by atoms with Gasteiger partial charge in [-0.2, -0.15) is 0 Å². The van der Waals surface area contributed by atoms with Gasteiger partial charge in [-0.3, -0.25) is 4.79 Å². The quantitative estimate of drug-likeness (QED) is 0.775. The van der Waals surface area contributed by atoms with E-state index in [1.54, 1.807) is 17.9 Å². The maximum atomic E-state index is 14.0. The molecular formula is C13H16FNO3S. The Morgan fingerprint density at radius 1 is 1.42 bits per heavy atom. The van der Waals surface area contributed by atoms with E-state index in [2.05, 4.69) is 0 Å². The van der Waals surface area contributed by atoms with Crippen molar-refractivity contribution in [2.45, 2.75) is 19.9 Å². The van der Waals surface area contributed by atoms with Crippen LogP contribution in [0, 0.1) is 5.82 Å². The molecule has 0 radical (unpaired) electrons. The first kappa shape index (κ1) is 14.0. The summed E-state index contributed by atoms with van der Waals surface area (Å²) in [5, 5.41) is 0. The van der Waals surface area contributed by atoms with Gasteiger partial charge >= 0.3 is 0 Å². The van der Waals surface area contributed by atoms with Crippen molar-refractivity contribution in [3.05, 3.63) is 29.6 Å². The third-order valence-electron chi connectivity index (χ3n) is 3.32. The van der Waals surface area contributed by atoms with E-state index in [1.165, 1.54) is 19.1 Å². The van der Waals surface area contributed by atoms with Gasteiger partial charge in [-0.15, -0.1) is 0 Å². The smallest absolute Gasteiger partial charge is 0.161 e. The van der Waals surface area contributed by atoms with Crippen molar-refractivity contribution in [3.63, 3.8) is 0 Å². The van der Waals surface area contributed by atoms with Crippen molar-refractivity contribution in [2.75, 3.05) is 23.0 Å². The van der Waals surface area contributed by atoms with Crippen LogP contribution in [-0.4, -0.2) is 38.3 Å². The maximum Gasteiger partial charge on any atom is 0.161 e. The second-order valence-electron chi connectivity index (χ2n) is 4.85. The van der Waals surface area contributed by atoms with Crippen molar-refractivity contribution < 1.29 is 17.6 Å². The van der Waals surface area contributed by atoms with Crippen LogP contribution in [0.5, 0.6) is 0 Å². The summed E-state index contributed by atoms with van der Waals surface area (Å²) in [6.07, 6.45) is 0. The minimum Gasteiger partial charge on any atom is -0.364 e. The van der Waals surface area contributed by atoms with Gasteiger partial charge in [0.1, 0.15) is 5.82 Å². The predicted octanol–water partition coefficient (Wildman–Crippen LogP) is 1.65. The topological polar surface area (TPSA) is 54.5 Å². The molecule has 1 heterocycles. The highest BCUT2D eigenvalue weighted by atomic mass is 32.2. The van der Waals surface area contributed by atoms with Gasteiger partial charge < -0.3 is 4.90 Å². The molecule has 1 aromatic carbocycles. The lowest BCUT2D eigenvalue weighted by Crippen LogP contribution is -2.47. The van der Waals surface area contributed by atoms with Gasteiger partial charge in [0.15, 0.2) is 15.6 Å². The lowest BCUT2D eigenvalue weighted by atomic mass is 10.1. The Morgan fingerprint density at radius 3 is 2.68 bits per heavy atom. The zero-order valence-corrected chi connectivity index (χ0v) is 11.7. The lowest BCUT2D eigenvalue weighted by molar-refractivity contribution is 0.101. The molecule has 6 heteroatoms. The molecule has 1 saturated heterocycles. The molecule has 0 N–H and O–H groups in total. The molecular weight excluding hydrogens is 269 g/mol. The number of carbonyl (C=O) groups excluding carboxylic acids is 1. The number of para-hydroxylation sites is 1. The van der Waals surface area contributed by atoms with Crippen molar-refractivity contribution in [1.29, 1.82) is 0 Å². The van der Waals surface area contributed by atoms with Crippen LogP contribution in [0.2, 0.25) is 0 Å². The molecule has 0 bridgehead atoms. The highest BCUT2D eigenvalue weighted by Gasteiger charge is 2.31. The number of benzene rings is 1. The third-order valence-corrected chi connectivity index (χ3v) is 5.12. The van der Waals surface area contributed by atoms with E-state index in [-0.39, 0.29) is 35.6 Å². The second kappa shape index (κ2) is 4.92. The van der Waals surface area contributed by atoms with Crippen LogP contribution in [0.15, 0.2) is 18.2 Å². The van der Waals surface area contributed by atoms with Gasteiger partial charge in [0.05, 0.1) is 17.2 Å². The summed E-state index contributed by atoms with van der Waals surface area (Å²) in [6, 6.07) is 4.00. The van der Waals surface area contributed by atoms with Crippen LogP contribution in [0.25, 0.3) is 0 Å². The van der Waals surface area contributed by atoms with Crippen molar-refractivity contribution >= 4 is 21.3 Å². The highest BCUT2D eigenvalue weighted by molar-refractivity contribution is 7.91. The van der Waals surface area contributed by atoms with Crippen LogP contribution in [0.1, 0.15) is 24.2 Å². The van der Waals surface area contributed by atoms with Crippen LogP contribution >= 0.6 is 0 Å². The number of carbonyl (C=O) groups is 1. The molecule has 0 aliphatic carbocycles. The number of halogens is 1. The molecule has 0 amide bonds. The average Bonchev–Trinajstić information content (AvgIpc) is 2.28. The Bertz CT molecular complexity index is 612. The first-order valence-corrected chi connectivity index (χ1v) is 7.90. The molecule has 1 aromatic rings. The summed E-state index contributed by atoms with van der Waals surface area (Å²) < 4.78 is 37.1. The lowest BCUT2D eigenvalue weighted by Gasteiger charge is -2.36. The van der Waals surface area contributed by atoms with Crippen molar-refractivity contribution in [1.82, 2.24) is 0 Å². The molecule has 1 aliphatic heterocycles. The summed E-state index contributed by atoms with van der Waals surface area (Å²) in [5.74, 6) is -0.740. The summed E-state index contributed by atoms with van der Waals surface area (Å²) >= 11 is 0. The first-order valence-electron chi connectivity index (χ1n) is 6.08. The highest BCUT2D eigenvalue weighted by Crippen LogP contribution is 2.29. The molecule has 4 nitrogen and oxygen atoms in total. The SMILES string of the molecule is CC(=O)c1cccc(F)c1N1CCS(=O)(=O)CC1C. The van der Waals surface area contributed by atoms with Crippen molar-refractivity contribution in [2.24, 2.45) is 0 Å². The fourth-order valence-corrected chi connectivity index (χ4v) is 3.98. The van der Waals surface area contributed by atoms with E-state index < -0.39 is 15.7 Å². The molecule has 1 unspecified atom stereocenters. The number of hydrogen-bond donors (Lipinski definition) is 0. The summed E-state index contributed by atoms with van der Waals surface area (Å²) in [7, 11) is -3.07. The van der Waals surface area contributed by atoms with Crippen molar-refractivity contribution in [3.8, 4) is 0 Å². The van der Waals surface area contributed by atoms with Gasteiger partial charge in [0.2, 0.25) is 0 Å². The minimum atomic E-state index is -3.07. The normalized spacial score (nSPS) is 22.3. The van der Waals surface area contributed by atoms with E-state index in [0.29, 0.717) is 5.56 Å². The molecule has 1 fully saturated rings. The Kier molecular flexibility index (Phi) is 3.62. The van der Waals surface area contributed by atoms with E-state index >= 15 is 0 Å². The van der Waals surface area contributed by atoms with Gasteiger partial charge in [0.25, 0.3) is 0 Å².